The molecule has 0 bridgehead atoms. The van der Waals surface area contributed by atoms with Gasteiger partial charge in [-0.3, -0.25) is 14.9 Å². The van der Waals surface area contributed by atoms with Gasteiger partial charge in [0.1, 0.15) is 0 Å². The Balaban J connectivity index is 2.05. The minimum atomic E-state index is -0.400. The molecular weight excluding hydrogens is 354 g/mol. The summed E-state index contributed by atoms with van der Waals surface area (Å²) in [6.45, 7) is 4.70. The first kappa shape index (κ1) is 19.6. The predicted molar refractivity (Wildman–Crippen MR) is 110 cm³/mol. The zero-order chi connectivity index (χ0) is 20.3. The fourth-order valence-corrected chi connectivity index (χ4v) is 3.49. The van der Waals surface area contributed by atoms with Gasteiger partial charge in [-0.15, -0.1) is 0 Å². The lowest BCUT2D eigenvalue weighted by atomic mass is 9.87. The Morgan fingerprint density at radius 2 is 1.93 bits per heavy atom. The van der Waals surface area contributed by atoms with Gasteiger partial charge in [-0.2, -0.15) is 0 Å². The summed E-state index contributed by atoms with van der Waals surface area (Å²) in [6.07, 6.45) is 2.26. The average Bonchev–Trinajstić information content (AvgIpc) is 3.01. The molecule has 0 aliphatic heterocycles. The number of hydrogen-bond donors (Lipinski definition) is 1. The van der Waals surface area contributed by atoms with Crippen LogP contribution in [0, 0.1) is 16.0 Å². The Bertz CT molecular complexity index is 1010. The Labute approximate surface area is 164 Å². The molecule has 1 heterocycles. The number of rotatable bonds is 7. The third-order valence-corrected chi connectivity index (χ3v) is 4.88. The van der Waals surface area contributed by atoms with Crippen molar-refractivity contribution in [2.75, 3.05) is 6.54 Å². The van der Waals surface area contributed by atoms with Crippen molar-refractivity contribution in [3.8, 4) is 0 Å². The molecule has 2 aromatic carbocycles. The third-order valence-electron chi connectivity index (χ3n) is 4.88. The van der Waals surface area contributed by atoms with Crippen LogP contribution >= 0.6 is 0 Å². The van der Waals surface area contributed by atoms with Gasteiger partial charge in [-0.25, -0.2) is 0 Å². The molecule has 146 valence electrons. The number of non-ortho nitro benzene ring substituents is 1. The fourth-order valence-electron chi connectivity index (χ4n) is 3.49. The SMILES string of the molecule is CC(C)CNC(=O)C[C@H](c1cccc([N+](=O)[O-])c1)c1cn(C)c2ccccc12. The van der Waals surface area contributed by atoms with Gasteiger partial charge in [0, 0.05) is 55.2 Å². The fraction of sp³-hybridized carbons (Fsp3) is 0.318. The first-order chi connectivity index (χ1) is 13.4. The summed E-state index contributed by atoms with van der Waals surface area (Å²) in [5.41, 5.74) is 2.87. The first-order valence-corrected chi connectivity index (χ1v) is 9.41. The van der Waals surface area contributed by atoms with E-state index in [9.17, 15) is 14.9 Å². The van der Waals surface area contributed by atoms with Crippen LogP contribution in [-0.4, -0.2) is 21.9 Å². The highest BCUT2D eigenvalue weighted by atomic mass is 16.6. The second kappa shape index (κ2) is 8.25. The lowest BCUT2D eigenvalue weighted by molar-refractivity contribution is -0.384. The Hall–Kier alpha value is -3.15. The summed E-state index contributed by atoms with van der Waals surface area (Å²) in [6, 6.07) is 14.6. The van der Waals surface area contributed by atoms with Crippen LogP contribution < -0.4 is 5.32 Å². The van der Waals surface area contributed by atoms with E-state index in [4.69, 9.17) is 0 Å². The highest BCUT2D eigenvalue weighted by molar-refractivity contribution is 5.86. The van der Waals surface area contributed by atoms with Gasteiger partial charge >= 0.3 is 0 Å². The Morgan fingerprint density at radius 1 is 1.18 bits per heavy atom. The van der Waals surface area contributed by atoms with Crippen LogP contribution in [0.15, 0.2) is 54.7 Å². The van der Waals surface area contributed by atoms with Crippen molar-refractivity contribution in [2.24, 2.45) is 13.0 Å². The Morgan fingerprint density at radius 3 is 2.64 bits per heavy atom. The lowest BCUT2D eigenvalue weighted by Crippen LogP contribution is -2.28. The van der Waals surface area contributed by atoms with Gasteiger partial charge in [-0.05, 0) is 23.1 Å². The van der Waals surface area contributed by atoms with Crippen LogP contribution in [0.1, 0.15) is 37.3 Å². The van der Waals surface area contributed by atoms with E-state index in [1.165, 1.54) is 6.07 Å². The molecule has 6 heteroatoms. The van der Waals surface area contributed by atoms with Crippen molar-refractivity contribution < 1.29 is 9.72 Å². The number of aryl methyl sites for hydroxylation is 1. The summed E-state index contributed by atoms with van der Waals surface area (Å²) in [5, 5.41) is 15.3. The molecule has 0 aliphatic carbocycles. The monoisotopic (exact) mass is 379 g/mol. The van der Waals surface area contributed by atoms with Crippen molar-refractivity contribution >= 4 is 22.5 Å². The van der Waals surface area contributed by atoms with E-state index in [1.807, 2.05) is 62.0 Å². The lowest BCUT2D eigenvalue weighted by Gasteiger charge is -2.18. The zero-order valence-electron chi connectivity index (χ0n) is 16.4. The highest BCUT2D eigenvalue weighted by Crippen LogP contribution is 2.35. The molecule has 3 aromatic rings. The highest BCUT2D eigenvalue weighted by Gasteiger charge is 2.23. The number of fused-ring (bicyclic) bond motifs is 1. The summed E-state index contributed by atoms with van der Waals surface area (Å²) in [7, 11) is 1.97. The van der Waals surface area contributed by atoms with Crippen LogP contribution in [0.25, 0.3) is 10.9 Å². The summed E-state index contributed by atoms with van der Waals surface area (Å²) < 4.78 is 2.03. The number of aromatic nitrogens is 1. The van der Waals surface area contributed by atoms with Gasteiger partial charge in [0.15, 0.2) is 0 Å². The van der Waals surface area contributed by atoms with Gasteiger partial charge in [-0.1, -0.05) is 44.2 Å². The number of nitro groups is 1. The normalized spacial score (nSPS) is 12.3. The minimum absolute atomic E-state index is 0.0327. The predicted octanol–water partition coefficient (Wildman–Crippen LogP) is 4.38. The number of hydrogen-bond acceptors (Lipinski definition) is 3. The summed E-state index contributed by atoms with van der Waals surface area (Å²) >= 11 is 0. The van der Waals surface area contributed by atoms with Crippen LogP contribution in [0.2, 0.25) is 0 Å². The standard InChI is InChI=1S/C22H25N3O3/c1-15(2)13-23-22(26)12-19(16-7-6-8-17(11-16)25(27)28)20-14-24(3)21-10-5-4-9-18(20)21/h4-11,14-15,19H,12-13H2,1-3H3,(H,23,26)/t19-/m1/s1. The molecule has 1 amide bonds. The molecule has 0 radical (unpaired) electrons. The van der Waals surface area contributed by atoms with Gasteiger partial charge in [0.05, 0.1) is 4.92 Å². The number of nitrogens with one attached hydrogen (secondary N) is 1. The number of para-hydroxylation sites is 1. The van der Waals surface area contributed by atoms with Crippen molar-refractivity contribution in [1.82, 2.24) is 9.88 Å². The van der Waals surface area contributed by atoms with E-state index in [1.54, 1.807) is 12.1 Å². The maximum atomic E-state index is 12.6. The maximum absolute atomic E-state index is 12.6. The van der Waals surface area contributed by atoms with E-state index in [0.29, 0.717) is 12.5 Å². The van der Waals surface area contributed by atoms with Crippen molar-refractivity contribution in [2.45, 2.75) is 26.2 Å². The zero-order valence-corrected chi connectivity index (χ0v) is 16.4. The smallest absolute Gasteiger partial charge is 0.269 e. The molecule has 0 spiro atoms. The molecular formula is C22H25N3O3. The maximum Gasteiger partial charge on any atom is 0.269 e. The van der Waals surface area contributed by atoms with E-state index < -0.39 is 4.92 Å². The van der Waals surface area contributed by atoms with E-state index in [0.717, 1.165) is 22.0 Å². The number of carbonyl (C=O) groups excluding carboxylic acids is 1. The van der Waals surface area contributed by atoms with Gasteiger partial charge in [0.25, 0.3) is 5.69 Å². The summed E-state index contributed by atoms with van der Waals surface area (Å²) in [4.78, 5) is 23.5. The topological polar surface area (TPSA) is 77.2 Å². The van der Waals surface area contributed by atoms with E-state index in [-0.39, 0.29) is 23.9 Å². The molecule has 0 aliphatic rings. The number of nitro benzene ring substituents is 1. The number of carbonyl (C=O) groups is 1. The first-order valence-electron chi connectivity index (χ1n) is 9.41. The van der Waals surface area contributed by atoms with E-state index >= 15 is 0 Å². The molecule has 0 saturated heterocycles. The molecule has 28 heavy (non-hydrogen) atoms. The van der Waals surface area contributed by atoms with Gasteiger partial charge in [0.2, 0.25) is 5.91 Å². The molecule has 0 fully saturated rings. The van der Waals surface area contributed by atoms with Gasteiger partial charge < -0.3 is 9.88 Å². The Kier molecular flexibility index (Phi) is 5.78. The van der Waals surface area contributed by atoms with Crippen LogP contribution in [0.5, 0.6) is 0 Å². The van der Waals surface area contributed by atoms with E-state index in [2.05, 4.69) is 5.32 Å². The molecule has 0 saturated carbocycles. The molecule has 0 unspecified atom stereocenters. The molecule has 3 rings (SSSR count). The average molecular weight is 379 g/mol. The minimum Gasteiger partial charge on any atom is -0.356 e. The number of benzene rings is 2. The van der Waals surface area contributed by atoms with Crippen LogP contribution in [-0.2, 0) is 11.8 Å². The second-order valence-corrected chi connectivity index (χ2v) is 7.52. The quantitative estimate of drug-likeness (QED) is 0.489. The largest absolute Gasteiger partial charge is 0.356 e. The molecule has 1 aromatic heterocycles. The third kappa shape index (κ3) is 4.22. The second-order valence-electron chi connectivity index (χ2n) is 7.52. The molecule has 1 N–H and O–H groups in total. The van der Waals surface area contributed by atoms with Crippen LogP contribution in [0.4, 0.5) is 5.69 Å². The molecule has 6 nitrogen and oxygen atoms in total. The van der Waals surface area contributed by atoms with Crippen molar-refractivity contribution in [1.29, 1.82) is 0 Å². The van der Waals surface area contributed by atoms with Crippen molar-refractivity contribution in [3.05, 3.63) is 76.0 Å². The number of nitrogens with zero attached hydrogens (tertiary/aromatic N) is 2. The van der Waals surface area contributed by atoms with Crippen LogP contribution in [0.3, 0.4) is 0 Å². The summed E-state index contributed by atoms with van der Waals surface area (Å²) in [5.74, 6) is 0.0362. The number of amides is 1. The molecule has 1 atom stereocenters. The van der Waals surface area contributed by atoms with Crippen molar-refractivity contribution in [3.63, 3.8) is 0 Å².